The van der Waals surface area contributed by atoms with Crippen LogP contribution < -0.4 is 0 Å². The first-order valence-corrected chi connectivity index (χ1v) is 9.66. The van der Waals surface area contributed by atoms with E-state index in [0.29, 0.717) is 11.4 Å². The number of ether oxygens (including phenoxy) is 1. The monoisotopic (exact) mass is 377 g/mol. The molecule has 5 rings (SSSR count). The molecule has 0 atom stereocenters. The van der Waals surface area contributed by atoms with E-state index >= 15 is 0 Å². The summed E-state index contributed by atoms with van der Waals surface area (Å²) in [6.07, 6.45) is 2.75. The molecule has 27 heavy (non-hydrogen) atoms. The number of pyridine rings is 1. The first-order valence-electron chi connectivity index (χ1n) is 8.72. The van der Waals surface area contributed by atoms with Gasteiger partial charge in [0, 0.05) is 22.0 Å². The lowest BCUT2D eigenvalue weighted by Gasteiger charge is -2.11. The molecule has 1 aliphatic rings. The second kappa shape index (κ2) is 6.59. The van der Waals surface area contributed by atoms with Gasteiger partial charge < -0.3 is 9.26 Å². The molecular formula is C20H15N3O3S. The van der Waals surface area contributed by atoms with Crippen LogP contribution in [0, 0.1) is 0 Å². The first-order chi connectivity index (χ1) is 13.3. The average molecular weight is 377 g/mol. The summed E-state index contributed by atoms with van der Waals surface area (Å²) in [5.74, 6) is 0.402. The van der Waals surface area contributed by atoms with Gasteiger partial charge in [-0.25, -0.2) is 4.79 Å². The number of benzene rings is 1. The van der Waals surface area contributed by atoms with E-state index in [1.54, 1.807) is 11.3 Å². The van der Waals surface area contributed by atoms with Crippen molar-refractivity contribution in [2.24, 2.45) is 0 Å². The molecule has 0 spiro atoms. The fraction of sp³-hybridized carbons (Fsp3) is 0.200. The van der Waals surface area contributed by atoms with Crippen LogP contribution >= 0.6 is 11.3 Å². The molecule has 0 radical (unpaired) electrons. The molecule has 1 aromatic carbocycles. The minimum Gasteiger partial charge on any atom is -0.452 e. The van der Waals surface area contributed by atoms with Crippen LogP contribution in [0.1, 0.15) is 33.9 Å². The van der Waals surface area contributed by atoms with Gasteiger partial charge >= 0.3 is 5.97 Å². The maximum atomic E-state index is 12.9. The molecule has 134 valence electrons. The highest BCUT2D eigenvalue weighted by atomic mass is 32.1. The summed E-state index contributed by atoms with van der Waals surface area (Å²) in [6.45, 7) is -0.0542. The Balaban J connectivity index is 1.42. The fourth-order valence-electron chi connectivity index (χ4n) is 3.47. The predicted octanol–water partition coefficient (Wildman–Crippen LogP) is 4.19. The van der Waals surface area contributed by atoms with E-state index < -0.39 is 0 Å². The van der Waals surface area contributed by atoms with Gasteiger partial charge in [0.15, 0.2) is 6.61 Å². The predicted molar refractivity (Wildman–Crippen MR) is 100 cm³/mol. The number of carbonyl (C=O) groups excluding carboxylic acids is 1. The SMILES string of the molecule is O=C(OCc1nc(-c2ccsc2)no1)c1c2c(nc3ccccc13)CCC2. The van der Waals surface area contributed by atoms with Gasteiger partial charge in [-0.15, -0.1) is 0 Å². The largest absolute Gasteiger partial charge is 0.452 e. The van der Waals surface area contributed by atoms with Gasteiger partial charge in [-0.05, 0) is 42.3 Å². The number of rotatable bonds is 4. The summed E-state index contributed by atoms with van der Waals surface area (Å²) in [5, 5.41) is 8.65. The Kier molecular flexibility index (Phi) is 3.94. The van der Waals surface area contributed by atoms with Crippen LogP contribution in [0.5, 0.6) is 0 Å². The second-order valence-corrected chi connectivity index (χ2v) is 7.16. The van der Waals surface area contributed by atoms with Crippen molar-refractivity contribution in [1.82, 2.24) is 15.1 Å². The Morgan fingerprint density at radius 1 is 1.19 bits per heavy atom. The third-order valence-corrected chi connectivity index (χ3v) is 5.38. The van der Waals surface area contributed by atoms with E-state index in [-0.39, 0.29) is 18.5 Å². The van der Waals surface area contributed by atoms with Crippen molar-refractivity contribution < 1.29 is 14.1 Å². The van der Waals surface area contributed by atoms with Gasteiger partial charge in [0.25, 0.3) is 5.89 Å². The zero-order valence-corrected chi connectivity index (χ0v) is 15.2. The zero-order chi connectivity index (χ0) is 18.2. The summed E-state index contributed by atoms with van der Waals surface area (Å²) in [5.41, 5.74) is 4.33. The molecular weight excluding hydrogens is 362 g/mol. The van der Waals surface area contributed by atoms with E-state index in [1.165, 1.54) is 0 Å². The van der Waals surface area contributed by atoms with Crippen LogP contribution in [0.4, 0.5) is 0 Å². The molecule has 0 bridgehead atoms. The van der Waals surface area contributed by atoms with Crippen LogP contribution in [0.25, 0.3) is 22.3 Å². The number of hydrogen-bond donors (Lipinski definition) is 0. The average Bonchev–Trinajstić information content (AvgIpc) is 3.45. The smallest absolute Gasteiger partial charge is 0.339 e. The molecule has 0 N–H and O–H groups in total. The van der Waals surface area contributed by atoms with E-state index in [9.17, 15) is 4.79 Å². The number of hydrogen-bond acceptors (Lipinski definition) is 7. The molecule has 3 aromatic heterocycles. The normalized spacial score (nSPS) is 13.0. The van der Waals surface area contributed by atoms with Gasteiger partial charge in [0.1, 0.15) is 0 Å². The molecule has 0 unspecified atom stereocenters. The minimum atomic E-state index is -0.373. The van der Waals surface area contributed by atoms with E-state index in [1.807, 2.05) is 41.1 Å². The van der Waals surface area contributed by atoms with Crippen LogP contribution in [-0.4, -0.2) is 21.1 Å². The quantitative estimate of drug-likeness (QED) is 0.496. The van der Waals surface area contributed by atoms with E-state index in [4.69, 9.17) is 14.2 Å². The second-order valence-electron chi connectivity index (χ2n) is 6.38. The van der Waals surface area contributed by atoms with Gasteiger partial charge in [0.05, 0.1) is 11.1 Å². The van der Waals surface area contributed by atoms with Crippen molar-refractivity contribution in [3.8, 4) is 11.4 Å². The van der Waals surface area contributed by atoms with Gasteiger partial charge in [0.2, 0.25) is 5.82 Å². The molecule has 3 heterocycles. The number of thiophene rings is 1. The molecule has 0 fully saturated rings. The standard InChI is InChI=1S/C20H15N3O3S/c24-20(25-10-17-22-19(23-26-17)12-8-9-27-11-12)18-13-4-1-2-6-15(13)21-16-7-3-5-14(16)18/h1-2,4,6,8-9,11H,3,5,7,10H2. The fourth-order valence-corrected chi connectivity index (χ4v) is 4.10. The first kappa shape index (κ1) is 16.1. The summed E-state index contributed by atoms with van der Waals surface area (Å²) in [7, 11) is 0. The number of esters is 1. The van der Waals surface area contributed by atoms with Crippen LogP contribution in [0.2, 0.25) is 0 Å². The summed E-state index contributed by atoms with van der Waals surface area (Å²) in [6, 6.07) is 9.59. The summed E-state index contributed by atoms with van der Waals surface area (Å²) >= 11 is 1.56. The van der Waals surface area contributed by atoms with Crippen LogP contribution in [-0.2, 0) is 24.2 Å². The molecule has 1 aliphatic carbocycles. The van der Waals surface area contributed by atoms with Crippen molar-refractivity contribution in [3.63, 3.8) is 0 Å². The van der Waals surface area contributed by atoms with Crippen molar-refractivity contribution in [1.29, 1.82) is 0 Å². The molecule has 6 nitrogen and oxygen atoms in total. The Labute approximate surface area is 158 Å². The van der Waals surface area contributed by atoms with Gasteiger partial charge in [-0.3, -0.25) is 4.98 Å². The third kappa shape index (κ3) is 2.90. The molecule has 0 saturated heterocycles. The highest BCUT2D eigenvalue weighted by molar-refractivity contribution is 7.08. The topological polar surface area (TPSA) is 78.1 Å². The molecule has 0 aliphatic heterocycles. The third-order valence-electron chi connectivity index (χ3n) is 4.70. The Morgan fingerprint density at radius 2 is 2.11 bits per heavy atom. The number of aryl methyl sites for hydroxylation is 1. The number of para-hydroxylation sites is 1. The maximum absolute atomic E-state index is 12.9. The number of aromatic nitrogens is 3. The van der Waals surface area contributed by atoms with Gasteiger partial charge in [-0.1, -0.05) is 23.4 Å². The number of fused-ring (bicyclic) bond motifs is 2. The van der Waals surface area contributed by atoms with Crippen molar-refractivity contribution >= 4 is 28.2 Å². The minimum absolute atomic E-state index is 0.0542. The van der Waals surface area contributed by atoms with Crippen molar-refractivity contribution in [2.75, 3.05) is 0 Å². The van der Waals surface area contributed by atoms with Crippen LogP contribution in [0.15, 0.2) is 45.6 Å². The van der Waals surface area contributed by atoms with E-state index in [0.717, 1.165) is 47.0 Å². The van der Waals surface area contributed by atoms with Gasteiger partial charge in [-0.2, -0.15) is 16.3 Å². The zero-order valence-electron chi connectivity index (χ0n) is 14.3. The van der Waals surface area contributed by atoms with E-state index in [2.05, 4.69) is 10.1 Å². The Bertz CT molecular complexity index is 1130. The Morgan fingerprint density at radius 3 is 3.00 bits per heavy atom. The maximum Gasteiger partial charge on any atom is 0.339 e. The van der Waals surface area contributed by atoms with Crippen molar-refractivity contribution in [2.45, 2.75) is 25.9 Å². The highest BCUT2D eigenvalue weighted by Crippen LogP contribution is 2.30. The lowest BCUT2D eigenvalue weighted by Crippen LogP contribution is -2.10. The lowest BCUT2D eigenvalue weighted by atomic mass is 10.0. The molecule has 4 aromatic rings. The summed E-state index contributed by atoms with van der Waals surface area (Å²) in [4.78, 5) is 21.9. The number of carbonyl (C=O) groups is 1. The highest BCUT2D eigenvalue weighted by Gasteiger charge is 2.25. The van der Waals surface area contributed by atoms with Crippen molar-refractivity contribution in [3.05, 3.63) is 63.8 Å². The number of nitrogens with zero attached hydrogens (tertiary/aromatic N) is 3. The summed E-state index contributed by atoms with van der Waals surface area (Å²) < 4.78 is 10.7. The molecule has 0 saturated carbocycles. The lowest BCUT2D eigenvalue weighted by molar-refractivity contribution is 0.0431. The van der Waals surface area contributed by atoms with Crippen LogP contribution in [0.3, 0.4) is 0 Å². The Hall–Kier alpha value is -3.06. The molecule has 0 amide bonds. The molecule has 7 heteroatoms.